The van der Waals surface area contributed by atoms with Crippen molar-refractivity contribution in [1.82, 2.24) is 15.6 Å². The summed E-state index contributed by atoms with van der Waals surface area (Å²) in [7, 11) is 0. The summed E-state index contributed by atoms with van der Waals surface area (Å²) in [4.78, 5) is 31.2. The van der Waals surface area contributed by atoms with Gasteiger partial charge in [0.2, 0.25) is 5.91 Å². The summed E-state index contributed by atoms with van der Waals surface area (Å²) in [6.45, 7) is 1.29. The summed E-state index contributed by atoms with van der Waals surface area (Å²) >= 11 is 1.56. The number of aromatic nitrogens is 1. The summed E-state index contributed by atoms with van der Waals surface area (Å²) in [5, 5.41) is 8.84. The zero-order valence-electron chi connectivity index (χ0n) is 14.5. The first kappa shape index (κ1) is 17.0. The minimum atomic E-state index is -0.164. The molecule has 26 heavy (non-hydrogen) atoms. The summed E-state index contributed by atoms with van der Waals surface area (Å²) in [6.07, 6.45) is 5.74. The number of rotatable bonds is 6. The lowest BCUT2D eigenvalue weighted by Gasteiger charge is -2.23. The van der Waals surface area contributed by atoms with E-state index < -0.39 is 0 Å². The van der Waals surface area contributed by atoms with E-state index in [9.17, 15) is 9.59 Å². The summed E-state index contributed by atoms with van der Waals surface area (Å²) in [5.74, 6) is -0.0167. The molecule has 1 aliphatic heterocycles. The molecule has 1 aliphatic carbocycles. The van der Waals surface area contributed by atoms with Gasteiger partial charge in [-0.05, 0) is 43.4 Å². The lowest BCUT2D eigenvalue weighted by atomic mass is 10.1. The number of carbonyl (C=O) groups excluding carboxylic acids is 2. The van der Waals surface area contributed by atoms with Gasteiger partial charge in [0.05, 0.1) is 0 Å². The van der Waals surface area contributed by atoms with Gasteiger partial charge in [-0.25, -0.2) is 4.98 Å². The number of amides is 2. The first-order chi connectivity index (χ1) is 12.7. The Morgan fingerprint density at radius 3 is 2.92 bits per heavy atom. The molecule has 1 unspecified atom stereocenters. The predicted octanol–water partition coefficient (Wildman–Crippen LogP) is 2.32. The Bertz CT molecular complexity index is 789. The average Bonchev–Trinajstić information content (AvgIpc) is 3.14. The summed E-state index contributed by atoms with van der Waals surface area (Å²) in [6, 6.07) is 7.63. The van der Waals surface area contributed by atoms with E-state index in [1.807, 2.05) is 29.6 Å². The maximum absolute atomic E-state index is 12.6. The fraction of sp³-hybridized carbons (Fsp3) is 0.421. The molecule has 2 heterocycles. The monoisotopic (exact) mass is 370 g/mol. The normalized spacial score (nSPS) is 19.4. The molecule has 2 amide bonds. The van der Waals surface area contributed by atoms with Crippen molar-refractivity contribution in [3.05, 3.63) is 47.0 Å². The smallest absolute Gasteiger partial charge is 0.251 e. The third-order valence-electron chi connectivity index (χ3n) is 4.79. The molecule has 6 nitrogen and oxygen atoms in total. The number of thiazole rings is 1. The van der Waals surface area contributed by atoms with Gasteiger partial charge in [-0.2, -0.15) is 0 Å². The van der Waals surface area contributed by atoms with Gasteiger partial charge in [-0.3, -0.25) is 9.59 Å². The fourth-order valence-corrected chi connectivity index (χ4v) is 3.97. The maximum Gasteiger partial charge on any atom is 0.251 e. The zero-order valence-corrected chi connectivity index (χ0v) is 15.3. The van der Waals surface area contributed by atoms with E-state index in [0.29, 0.717) is 18.2 Å². The van der Waals surface area contributed by atoms with Crippen molar-refractivity contribution in [3.63, 3.8) is 0 Å². The Labute approximate surface area is 156 Å². The molecule has 0 bridgehead atoms. The number of nitrogens with zero attached hydrogens (tertiary/aromatic N) is 2. The van der Waals surface area contributed by atoms with E-state index in [4.69, 9.17) is 0 Å². The zero-order chi connectivity index (χ0) is 17.9. The largest absolute Gasteiger partial charge is 0.350 e. The van der Waals surface area contributed by atoms with E-state index in [1.54, 1.807) is 17.5 Å². The lowest BCUT2D eigenvalue weighted by Crippen LogP contribution is -2.43. The van der Waals surface area contributed by atoms with Crippen molar-refractivity contribution in [3.8, 4) is 0 Å². The Morgan fingerprint density at radius 2 is 2.15 bits per heavy atom. The molecule has 1 atom stereocenters. The van der Waals surface area contributed by atoms with Gasteiger partial charge in [0.15, 0.2) is 5.13 Å². The summed E-state index contributed by atoms with van der Waals surface area (Å²) < 4.78 is 0. The van der Waals surface area contributed by atoms with Crippen LogP contribution in [-0.2, 0) is 11.3 Å². The number of hydrogen-bond donors (Lipinski definition) is 2. The van der Waals surface area contributed by atoms with E-state index in [1.165, 1.54) is 0 Å². The standard InChI is InChI=1S/C19H22N4O2S/c24-17(22-15-6-7-15)14-4-1-3-13(11-14)12-21-18(25)16-5-2-9-23(16)19-20-8-10-26-19/h1,3-4,8,10-11,15-16H,2,5-7,9,12H2,(H,21,25)(H,22,24). The first-order valence-electron chi connectivity index (χ1n) is 9.04. The lowest BCUT2D eigenvalue weighted by molar-refractivity contribution is -0.122. The summed E-state index contributed by atoms with van der Waals surface area (Å²) in [5.41, 5.74) is 1.58. The van der Waals surface area contributed by atoms with Gasteiger partial charge in [0.1, 0.15) is 6.04 Å². The molecule has 2 fully saturated rings. The molecule has 0 spiro atoms. The third-order valence-corrected chi connectivity index (χ3v) is 5.60. The van der Waals surface area contributed by atoms with Crippen LogP contribution in [0.1, 0.15) is 41.6 Å². The third kappa shape index (κ3) is 3.88. The van der Waals surface area contributed by atoms with Crippen molar-refractivity contribution in [1.29, 1.82) is 0 Å². The van der Waals surface area contributed by atoms with Crippen molar-refractivity contribution < 1.29 is 9.59 Å². The molecular formula is C19H22N4O2S. The van der Waals surface area contributed by atoms with Crippen LogP contribution in [0.3, 0.4) is 0 Å². The maximum atomic E-state index is 12.6. The van der Waals surface area contributed by atoms with Crippen LogP contribution in [0.2, 0.25) is 0 Å². The minimum absolute atomic E-state index is 0.0190. The highest BCUT2D eigenvalue weighted by Gasteiger charge is 2.32. The average molecular weight is 370 g/mol. The second-order valence-electron chi connectivity index (χ2n) is 6.83. The van der Waals surface area contributed by atoms with Crippen molar-refractivity contribution >= 4 is 28.3 Å². The van der Waals surface area contributed by atoms with Crippen molar-refractivity contribution in [2.45, 2.75) is 44.3 Å². The van der Waals surface area contributed by atoms with E-state index in [0.717, 1.165) is 42.9 Å². The molecule has 7 heteroatoms. The van der Waals surface area contributed by atoms with Crippen LogP contribution in [0.15, 0.2) is 35.8 Å². The van der Waals surface area contributed by atoms with Gasteiger partial charge in [0.25, 0.3) is 5.91 Å². The topological polar surface area (TPSA) is 74.3 Å². The molecule has 1 saturated carbocycles. The minimum Gasteiger partial charge on any atom is -0.350 e. The van der Waals surface area contributed by atoms with Gasteiger partial charge in [-0.1, -0.05) is 12.1 Å². The Hall–Kier alpha value is -2.41. The molecule has 2 aromatic rings. The van der Waals surface area contributed by atoms with E-state index in [2.05, 4.69) is 20.5 Å². The second-order valence-corrected chi connectivity index (χ2v) is 7.71. The van der Waals surface area contributed by atoms with Crippen LogP contribution in [0.4, 0.5) is 5.13 Å². The van der Waals surface area contributed by atoms with Crippen molar-refractivity contribution in [2.24, 2.45) is 0 Å². The van der Waals surface area contributed by atoms with Crippen LogP contribution < -0.4 is 15.5 Å². The molecule has 4 rings (SSSR count). The number of benzene rings is 1. The van der Waals surface area contributed by atoms with E-state index in [-0.39, 0.29) is 17.9 Å². The van der Waals surface area contributed by atoms with Gasteiger partial charge >= 0.3 is 0 Å². The molecule has 136 valence electrons. The van der Waals surface area contributed by atoms with Crippen LogP contribution >= 0.6 is 11.3 Å². The van der Waals surface area contributed by atoms with Crippen LogP contribution in [0.5, 0.6) is 0 Å². The number of nitrogens with one attached hydrogen (secondary N) is 2. The molecule has 1 saturated heterocycles. The molecular weight excluding hydrogens is 348 g/mol. The predicted molar refractivity (Wildman–Crippen MR) is 101 cm³/mol. The van der Waals surface area contributed by atoms with Gasteiger partial charge in [-0.15, -0.1) is 11.3 Å². The molecule has 2 N–H and O–H groups in total. The highest BCUT2D eigenvalue weighted by atomic mass is 32.1. The SMILES string of the molecule is O=C(NC1CC1)c1cccc(CNC(=O)C2CCCN2c2nccs2)c1. The Balaban J connectivity index is 1.36. The van der Waals surface area contributed by atoms with Gasteiger partial charge < -0.3 is 15.5 Å². The Kier molecular flexibility index (Phi) is 4.88. The highest BCUT2D eigenvalue weighted by molar-refractivity contribution is 7.13. The number of carbonyl (C=O) groups is 2. The molecule has 1 aromatic heterocycles. The molecule has 0 radical (unpaired) electrons. The van der Waals surface area contributed by atoms with Crippen LogP contribution in [0, 0.1) is 0 Å². The van der Waals surface area contributed by atoms with E-state index >= 15 is 0 Å². The van der Waals surface area contributed by atoms with Gasteiger partial charge in [0, 0.05) is 36.3 Å². The number of hydrogen-bond acceptors (Lipinski definition) is 5. The first-order valence-corrected chi connectivity index (χ1v) is 9.92. The van der Waals surface area contributed by atoms with Crippen LogP contribution in [0.25, 0.3) is 0 Å². The van der Waals surface area contributed by atoms with Crippen molar-refractivity contribution in [2.75, 3.05) is 11.4 Å². The molecule has 1 aromatic carbocycles. The molecule has 2 aliphatic rings. The highest BCUT2D eigenvalue weighted by Crippen LogP contribution is 2.27. The Morgan fingerprint density at radius 1 is 1.27 bits per heavy atom. The number of anilines is 1. The quantitative estimate of drug-likeness (QED) is 0.818. The second kappa shape index (κ2) is 7.45. The fourth-order valence-electron chi connectivity index (χ4n) is 3.25. The van der Waals surface area contributed by atoms with Crippen LogP contribution in [-0.4, -0.2) is 35.4 Å².